The van der Waals surface area contributed by atoms with Crippen molar-refractivity contribution in [3.63, 3.8) is 0 Å². The minimum atomic E-state index is -3.42. The maximum absolute atomic E-state index is 11.9. The van der Waals surface area contributed by atoms with Gasteiger partial charge in [-0.25, -0.2) is 17.9 Å². The lowest BCUT2D eigenvalue weighted by molar-refractivity contribution is 0.599. The number of hydrogen-bond donors (Lipinski definition) is 0. The molecule has 96 valence electrons. The molecule has 19 heavy (non-hydrogen) atoms. The Morgan fingerprint density at radius 1 is 1.05 bits per heavy atom. The fraction of sp³-hybridized carbons (Fsp3) is 0.0769. The second-order valence-electron chi connectivity index (χ2n) is 4.20. The van der Waals surface area contributed by atoms with E-state index in [1.807, 2.05) is 30.3 Å². The van der Waals surface area contributed by atoms with Crippen LogP contribution in [0.15, 0.2) is 53.7 Å². The monoisotopic (exact) mass is 273 g/mol. The number of imidazole rings is 1. The standard InChI is InChI=1S/C13H11N3O2S/c1-19(17,18)13-12(10-6-3-2-4-7-10)16-11(15-13)8-5-9-14-16/h2-9H,1H3. The van der Waals surface area contributed by atoms with Crippen molar-refractivity contribution >= 4 is 15.5 Å². The highest BCUT2D eigenvalue weighted by Crippen LogP contribution is 2.27. The Labute approximate surface area is 110 Å². The molecule has 0 unspecified atom stereocenters. The van der Waals surface area contributed by atoms with Crippen LogP contribution in [-0.2, 0) is 9.84 Å². The van der Waals surface area contributed by atoms with E-state index in [0.29, 0.717) is 11.3 Å². The Morgan fingerprint density at radius 2 is 1.79 bits per heavy atom. The van der Waals surface area contributed by atoms with Crippen molar-refractivity contribution in [2.75, 3.05) is 6.26 Å². The fourth-order valence-electron chi connectivity index (χ4n) is 1.97. The van der Waals surface area contributed by atoms with Crippen molar-refractivity contribution in [2.45, 2.75) is 5.03 Å². The summed E-state index contributed by atoms with van der Waals surface area (Å²) >= 11 is 0. The Balaban J connectivity index is 2.45. The second kappa shape index (κ2) is 4.17. The van der Waals surface area contributed by atoms with Gasteiger partial charge in [-0.05, 0) is 12.1 Å². The van der Waals surface area contributed by atoms with E-state index >= 15 is 0 Å². The molecule has 6 heteroatoms. The third kappa shape index (κ3) is 2.00. The van der Waals surface area contributed by atoms with Crippen LogP contribution in [-0.4, -0.2) is 29.3 Å². The fourth-order valence-corrected chi connectivity index (χ4v) is 2.78. The first-order valence-corrected chi connectivity index (χ1v) is 7.56. The largest absolute Gasteiger partial charge is 0.222 e. The lowest BCUT2D eigenvalue weighted by Crippen LogP contribution is -2.01. The zero-order valence-corrected chi connectivity index (χ0v) is 11.0. The molecule has 2 heterocycles. The quantitative estimate of drug-likeness (QED) is 0.714. The van der Waals surface area contributed by atoms with Crippen LogP contribution in [0.5, 0.6) is 0 Å². The average molecular weight is 273 g/mol. The molecule has 3 aromatic rings. The third-order valence-corrected chi connectivity index (χ3v) is 3.75. The maximum atomic E-state index is 11.9. The van der Waals surface area contributed by atoms with E-state index in [1.165, 1.54) is 0 Å². The lowest BCUT2D eigenvalue weighted by Gasteiger charge is -2.02. The smallest absolute Gasteiger partial charge is 0.195 e. The van der Waals surface area contributed by atoms with Gasteiger partial charge in [0.2, 0.25) is 0 Å². The molecule has 0 aliphatic heterocycles. The molecule has 0 amide bonds. The number of benzene rings is 1. The summed E-state index contributed by atoms with van der Waals surface area (Å²) in [6.45, 7) is 0. The summed E-state index contributed by atoms with van der Waals surface area (Å²) < 4.78 is 25.3. The number of sulfone groups is 1. The Kier molecular flexibility index (Phi) is 2.60. The van der Waals surface area contributed by atoms with Gasteiger partial charge < -0.3 is 0 Å². The molecule has 0 spiro atoms. The summed E-state index contributed by atoms with van der Waals surface area (Å²) in [5.74, 6) is 0. The first-order chi connectivity index (χ1) is 9.07. The molecule has 0 aliphatic carbocycles. The van der Waals surface area contributed by atoms with Crippen LogP contribution in [0.1, 0.15) is 0 Å². The van der Waals surface area contributed by atoms with Gasteiger partial charge in [0.1, 0.15) is 5.69 Å². The van der Waals surface area contributed by atoms with Crippen molar-refractivity contribution in [3.05, 3.63) is 48.7 Å². The highest BCUT2D eigenvalue weighted by atomic mass is 32.2. The van der Waals surface area contributed by atoms with Gasteiger partial charge in [-0.1, -0.05) is 30.3 Å². The number of nitrogens with zero attached hydrogens (tertiary/aromatic N) is 3. The van der Waals surface area contributed by atoms with E-state index in [4.69, 9.17) is 0 Å². The number of aromatic nitrogens is 3. The van der Waals surface area contributed by atoms with Crippen molar-refractivity contribution in [2.24, 2.45) is 0 Å². The molecule has 0 radical (unpaired) electrons. The summed E-state index contributed by atoms with van der Waals surface area (Å²) in [7, 11) is -3.42. The van der Waals surface area contributed by atoms with Gasteiger partial charge in [-0.2, -0.15) is 5.10 Å². The first kappa shape index (κ1) is 11.9. The molecular formula is C13H11N3O2S. The average Bonchev–Trinajstić information content (AvgIpc) is 2.79. The van der Waals surface area contributed by atoms with Crippen LogP contribution in [0.2, 0.25) is 0 Å². The molecule has 0 aliphatic rings. The zero-order chi connectivity index (χ0) is 13.5. The molecule has 0 bridgehead atoms. The molecular weight excluding hydrogens is 262 g/mol. The minimum absolute atomic E-state index is 0.0531. The van der Waals surface area contributed by atoms with Gasteiger partial charge in [0.25, 0.3) is 0 Å². The topological polar surface area (TPSA) is 64.3 Å². The van der Waals surface area contributed by atoms with E-state index in [9.17, 15) is 8.42 Å². The van der Waals surface area contributed by atoms with E-state index in [2.05, 4.69) is 10.1 Å². The minimum Gasteiger partial charge on any atom is -0.222 e. The van der Waals surface area contributed by atoms with Gasteiger partial charge in [-0.3, -0.25) is 0 Å². The van der Waals surface area contributed by atoms with Crippen LogP contribution in [0.3, 0.4) is 0 Å². The molecule has 0 saturated carbocycles. The number of rotatable bonds is 2. The van der Waals surface area contributed by atoms with Gasteiger partial charge in [0.05, 0.1) is 0 Å². The van der Waals surface area contributed by atoms with Crippen LogP contribution in [0, 0.1) is 0 Å². The predicted octanol–water partition coefficient (Wildman–Crippen LogP) is 1.80. The van der Waals surface area contributed by atoms with Gasteiger partial charge >= 0.3 is 0 Å². The Hall–Kier alpha value is -2.21. The number of fused-ring (bicyclic) bond motifs is 1. The molecule has 2 aromatic heterocycles. The molecule has 0 saturated heterocycles. The molecule has 3 rings (SSSR count). The van der Waals surface area contributed by atoms with Crippen molar-refractivity contribution in [3.8, 4) is 11.3 Å². The molecule has 0 fully saturated rings. The van der Waals surface area contributed by atoms with Gasteiger partial charge in [-0.15, -0.1) is 0 Å². The summed E-state index contributed by atoms with van der Waals surface area (Å²) in [6, 6.07) is 12.7. The molecule has 0 atom stereocenters. The molecule has 5 nitrogen and oxygen atoms in total. The Bertz CT molecular complexity index is 839. The predicted molar refractivity (Wildman–Crippen MR) is 71.5 cm³/mol. The van der Waals surface area contributed by atoms with E-state index < -0.39 is 9.84 Å². The summed E-state index contributed by atoms with van der Waals surface area (Å²) in [5.41, 5.74) is 1.79. The van der Waals surface area contributed by atoms with Crippen molar-refractivity contribution in [1.82, 2.24) is 14.6 Å². The van der Waals surface area contributed by atoms with Crippen LogP contribution in [0.25, 0.3) is 16.9 Å². The summed E-state index contributed by atoms with van der Waals surface area (Å²) in [5, 5.41) is 4.23. The molecule has 0 N–H and O–H groups in total. The molecule has 1 aromatic carbocycles. The summed E-state index contributed by atoms with van der Waals surface area (Å²) in [6.07, 6.45) is 2.76. The van der Waals surface area contributed by atoms with Crippen molar-refractivity contribution < 1.29 is 8.42 Å². The highest BCUT2D eigenvalue weighted by molar-refractivity contribution is 7.90. The van der Waals surface area contributed by atoms with Gasteiger partial charge in [0, 0.05) is 18.0 Å². The van der Waals surface area contributed by atoms with Crippen LogP contribution >= 0.6 is 0 Å². The van der Waals surface area contributed by atoms with Crippen LogP contribution < -0.4 is 0 Å². The second-order valence-corrected chi connectivity index (χ2v) is 6.13. The van der Waals surface area contributed by atoms with Crippen LogP contribution in [0.4, 0.5) is 0 Å². The maximum Gasteiger partial charge on any atom is 0.195 e. The van der Waals surface area contributed by atoms with Crippen molar-refractivity contribution in [1.29, 1.82) is 0 Å². The normalized spacial score (nSPS) is 11.8. The SMILES string of the molecule is CS(=O)(=O)c1nc2cccnn2c1-c1ccccc1. The highest BCUT2D eigenvalue weighted by Gasteiger charge is 2.22. The third-order valence-electron chi connectivity index (χ3n) is 2.76. The summed E-state index contributed by atoms with van der Waals surface area (Å²) in [4.78, 5) is 4.17. The lowest BCUT2D eigenvalue weighted by atomic mass is 10.2. The van der Waals surface area contributed by atoms with E-state index in [-0.39, 0.29) is 5.03 Å². The Morgan fingerprint density at radius 3 is 2.47 bits per heavy atom. The zero-order valence-electron chi connectivity index (χ0n) is 10.2. The first-order valence-electron chi connectivity index (χ1n) is 5.66. The number of hydrogen-bond acceptors (Lipinski definition) is 4. The van der Waals surface area contributed by atoms with E-state index in [0.717, 1.165) is 11.8 Å². The van der Waals surface area contributed by atoms with Gasteiger partial charge in [0.15, 0.2) is 20.5 Å². The van der Waals surface area contributed by atoms with E-state index in [1.54, 1.807) is 22.8 Å².